The van der Waals surface area contributed by atoms with E-state index >= 15 is 0 Å². The minimum atomic E-state index is -4.31. The Kier molecular flexibility index (Phi) is 11.7. The van der Waals surface area contributed by atoms with Crippen LogP contribution in [-0.4, -0.2) is 58.0 Å². The number of methoxy groups -OCH3 is 2. The zero-order valence-electron chi connectivity index (χ0n) is 25.1. The maximum Gasteiger partial charge on any atom is 0.264 e. The Morgan fingerprint density at radius 1 is 0.953 bits per heavy atom. The summed E-state index contributed by atoms with van der Waals surface area (Å²) in [7, 11) is -1.45. The van der Waals surface area contributed by atoms with E-state index in [9.17, 15) is 18.0 Å². The molecule has 2 amide bonds. The second-order valence-electron chi connectivity index (χ2n) is 10.2. The SMILES string of the molecule is CCC(C(=O)NC(C)C)N(Cc1ccc(Cl)cc1Cl)C(=O)CN(c1cc(OC)ccc1OC)S(=O)(=O)c1ccc(C)cc1. The van der Waals surface area contributed by atoms with Crippen LogP contribution in [-0.2, 0) is 26.2 Å². The van der Waals surface area contributed by atoms with Crippen molar-refractivity contribution in [2.45, 2.75) is 57.6 Å². The second-order valence-corrected chi connectivity index (χ2v) is 12.9. The van der Waals surface area contributed by atoms with E-state index in [1.54, 1.807) is 49.4 Å². The molecule has 0 heterocycles. The molecule has 0 saturated heterocycles. The molecule has 0 radical (unpaired) electrons. The zero-order chi connectivity index (χ0) is 31.9. The number of sulfonamides is 1. The van der Waals surface area contributed by atoms with Crippen molar-refractivity contribution in [3.63, 3.8) is 0 Å². The number of benzene rings is 3. The van der Waals surface area contributed by atoms with Crippen LogP contribution in [0.2, 0.25) is 10.0 Å². The molecule has 3 rings (SSSR count). The molecule has 0 bridgehead atoms. The Bertz CT molecular complexity index is 1550. The van der Waals surface area contributed by atoms with Crippen LogP contribution in [0.15, 0.2) is 65.6 Å². The molecular weight excluding hydrogens is 613 g/mol. The highest BCUT2D eigenvalue weighted by Gasteiger charge is 2.35. The summed E-state index contributed by atoms with van der Waals surface area (Å²) in [6, 6.07) is 14.7. The Morgan fingerprint density at radius 2 is 1.63 bits per heavy atom. The molecule has 1 N–H and O–H groups in total. The first-order chi connectivity index (χ1) is 20.3. The summed E-state index contributed by atoms with van der Waals surface area (Å²) in [5, 5.41) is 3.58. The number of hydrogen-bond acceptors (Lipinski definition) is 6. The lowest BCUT2D eigenvalue weighted by Gasteiger charge is -2.34. The molecule has 9 nitrogen and oxygen atoms in total. The standard InChI is InChI=1S/C31H37Cl2N3O6S/c1-7-27(31(38)34-20(2)3)35(18-22-10-11-23(32)16-26(22)33)30(37)19-36(28-17-24(41-5)12-15-29(28)42-6)43(39,40)25-13-8-21(4)9-14-25/h8-17,20,27H,7,18-19H2,1-6H3,(H,34,38). The first kappa shape index (κ1) is 34.0. The lowest BCUT2D eigenvalue weighted by molar-refractivity contribution is -0.140. The highest BCUT2D eigenvalue weighted by molar-refractivity contribution is 7.92. The Labute approximate surface area is 263 Å². The van der Waals surface area contributed by atoms with E-state index in [4.69, 9.17) is 32.7 Å². The van der Waals surface area contributed by atoms with Gasteiger partial charge in [-0.15, -0.1) is 0 Å². The summed E-state index contributed by atoms with van der Waals surface area (Å²) in [4.78, 5) is 28.9. The van der Waals surface area contributed by atoms with Crippen LogP contribution < -0.4 is 19.1 Å². The smallest absolute Gasteiger partial charge is 0.264 e. The van der Waals surface area contributed by atoms with Crippen molar-refractivity contribution in [3.8, 4) is 11.5 Å². The van der Waals surface area contributed by atoms with Gasteiger partial charge in [0.1, 0.15) is 24.1 Å². The van der Waals surface area contributed by atoms with Crippen molar-refractivity contribution in [1.29, 1.82) is 0 Å². The minimum absolute atomic E-state index is 0.0207. The van der Waals surface area contributed by atoms with Crippen LogP contribution >= 0.6 is 23.2 Å². The number of aryl methyl sites for hydroxylation is 1. The minimum Gasteiger partial charge on any atom is -0.497 e. The van der Waals surface area contributed by atoms with Gasteiger partial charge >= 0.3 is 0 Å². The second kappa shape index (κ2) is 14.8. The molecule has 0 aliphatic rings. The highest BCUT2D eigenvalue weighted by atomic mass is 35.5. The van der Waals surface area contributed by atoms with Gasteiger partial charge in [-0.3, -0.25) is 13.9 Å². The molecule has 232 valence electrons. The maximum absolute atomic E-state index is 14.3. The largest absolute Gasteiger partial charge is 0.497 e. The average molecular weight is 651 g/mol. The number of nitrogens with one attached hydrogen (secondary N) is 1. The average Bonchev–Trinajstić information content (AvgIpc) is 2.96. The van der Waals surface area contributed by atoms with Crippen molar-refractivity contribution in [1.82, 2.24) is 10.2 Å². The van der Waals surface area contributed by atoms with E-state index in [2.05, 4.69) is 5.32 Å². The molecule has 0 spiro atoms. The van der Waals surface area contributed by atoms with E-state index in [-0.39, 0.29) is 41.2 Å². The fourth-order valence-electron chi connectivity index (χ4n) is 4.48. The van der Waals surface area contributed by atoms with Gasteiger partial charge in [0.15, 0.2) is 0 Å². The van der Waals surface area contributed by atoms with Crippen LogP contribution in [0, 0.1) is 6.92 Å². The van der Waals surface area contributed by atoms with Crippen molar-refractivity contribution in [2.75, 3.05) is 25.1 Å². The van der Waals surface area contributed by atoms with Gasteiger partial charge in [0.05, 0.1) is 24.8 Å². The number of anilines is 1. The normalized spacial score (nSPS) is 12.0. The summed E-state index contributed by atoms with van der Waals surface area (Å²) >= 11 is 12.6. The van der Waals surface area contributed by atoms with E-state index in [1.165, 1.54) is 37.3 Å². The lowest BCUT2D eigenvalue weighted by atomic mass is 10.1. The molecule has 43 heavy (non-hydrogen) atoms. The van der Waals surface area contributed by atoms with E-state index < -0.39 is 28.5 Å². The molecule has 0 aliphatic carbocycles. The molecule has 3 aromatic rings. The van der Waals surface area contributed by atoms with Gasteiger partial charge in [0.25, 0.3) is 10.0 Å². The number of nitrogens with zero attached hydrogens (tertiary/aromatic N) is 2. The summed E-state index contributed by atoms with van der Waals surface area (Å²) in [5.41, 5.74) is 1.51. The topological polar surface area (TPSA) is 105 Å². The molecule has 1 unspecified atom stereocenters. The molecule has 0 aliphatic heterocycles. The quantitative estimate of drug-likeness (QED) is 0.249. The monoisotopic (exact) mass is 649 g/mol. The van der Waals surface area contributed by atoms with Crippen molar-refractivity contribution >= 4 is 50.7 Å². The van der Waals surface area contributed by atoms with Crippen LogP contribution in [0.5, 0.6) is 11.5 Å². The van der Waals surface area contributed by atoms with Gasteiger partial charge in [0.2, 0.25) is 11.8 Å². The zero-order valence-corrected chi connectivity index (χ0v) is 27.4. The van der Waals surface area contributed by atoms with Gasteiger partial charge < -0.3 is 19.7 Å². The third kappa shape index (κ3) is 8.34. The number of ether oxygens (including phenoxy) is 2. The summed E-state index contributed by atoms with van der Waals surface area (Å²) in [6.45, 7) is 6.55. The van der Waals surface area contributed by atoms with E-state index in [1.807, 2.05) is 20.8 Å². The van der Waals surface area contributed by atoms with Gasteiger partial charge in [0, 0.05) is 28.7 Å². The molecule has 0 fully saturated rings. The maximum atomic E-state index is 14.3. The molecule has 0 aromatic heterocycles. The molecule has 0 saturated carbocycles. The first-order valence-electron chi connectivity index (χ1n) is 13.7. The number of hydrogen-bond donors (Lipinski definition) is 1. The summed E-state index contributed by atoms with van der Waals surface area (Å²) < 4.78 is 40.2. The van der Waals surface area contributed by atoms with Crippen LogP contribution in [0.25, 0.3) is 0 Å². The van der Waals surface area contributed by atoms with Crippen LogP contribution in [0.4, 0.5) is 5.69 Å². The van der Waals surface area contributed by atoms with E-state index in [0.717, 1.165) is 9.87 Å². The number of halogens is 2. The third-order valence-electron chi connectivity index (χ3n) is 6.72. The first-order valence-corrected chi connectivity index (χ1v) is 15.9. The molecule has 1 atom stereocenters. The van der Waals surface area contributed by atoms with Gasteiger partial charge in [-0.1, -0.05) is 53.9 Å². The van der Waals surface area contributed by atoms with Crippen molar-refractivity contribution in [3.05, 3.63) is 81.8 Å². The van der Waals surface area contributed by atoms with Gasteiger partial charge in [-0.05, 0) is 69.2 Å². The fraction of sp³-hybridized carbons (Fsp3) is 0.355. The Hall–Kier alpha value is -3.47. The predicted octanol–water partition coefficient (Wildman–Crippen LogP) is 5.85. The molecule has 3 aromatic carbocycles. The van der Waals surface area contributed by atoms with Crippen molar-refractivity contribution < 1.29 is 27.5 Å². The van der Waals surface area contributed by atoms with Crippen LogP contribution in [0.1, 0.15) is 38.3 Å². The number of amides is 2. The Morgan fingerprint density at radius 3 is 2.19 bits per heavy atom. The summed E-state index contributed by atoms with van der Waals surface area (Å²) in [5.74, 6) is -0.429. The summed E-state index contributed by atoms with van der Waals surface area (Å²) in [6.07, 6.45) is 0.267. The fourth-order valence-corrected chi connectivity index (χ4v) is 6.36. The molecule has 12 heteroatoms. The van der Waals surface area contributed by atoms with Gasteiger partial charge in [-0.2, -0.15) is 0 Å². The van der Waals surface area contributed by atoms with Crippen LogP contribution in [0.3, 0.4) is 0 Å². The number of carbonyl (C=O) groups excluding carboxylic acids is 2. The third-order valence-corrected chi connectivity index (χ3v) is 9.08. The number of carbonyl (C=O) groups is 2. The predicted molar refractivity (Wildman–Crippen MR) is 170 cm³/mol. The Balaban J connectivity index is 2.18. The highest BCUT2D eigenvalue weighted by Crippen LogP contribution is 2.36. The van der Waals surface area contributed by atoms with Gasteiger partial charge in [-0.25, -0.2) is 8.42 Å². The molecular formula is C31H37Cl2N3O6S. The van der Waals surface area contributed by atoms with Crippen molar-refractivity contribution in [2.24, 2.45) is 0 Å². The lowest BCUT2D eigenvalue weighted by Crippen LogP contribution is -2.53. The number of rotatable bonds is 13. The van der Waals surface area contributed by atoms with E-state index in [0.29, 0.717) is 21.4 Å².